The predicted octanol–water partition coefficient (Wildman–Crippen LogP) is 4.45. The van der Waals surface area contributed by atoms with E-state index in [9.17, 15) is 0 Å². The molecule has 0 unspecified atom stereocenters. The average molecular weight is 321 g/mol. The van der Waals surface area contributed by atoms with Crippen LogP contribution in [-0.2, 0) is 12.8 Å². The van der Waals surface area contributed by atoms with Gasteiger partial charge in [0.1, 0.15) is 0 Å². The Balaban J connectivity index is 0.00000110. The number of hydrogen-bond acceptors (Lipinski definition) is 2. The molecule has 1 heterocycles. The molecule has 0 amide bonds. The highest BCUT2D eigenvalue weighted by atomic mass is 35.5. The standard InChI is InChI=1S/C17H16N2.2ClH/c18-17-14(10-11-15-6-3-4-12-19-15)9-8-13-5-1-2-7-16(13)17;;/h1-9,12H,10-11,18H2;2*1H. The fourth-order valence-corrected chi connectivity index (χ4v) is 2.37. The van der Waals surface area contributed by atoms with E-state index >= 15 is 0 Å². The molecule has 0 aliphatic heterocycles. The van der Waals surface area contributed by atoms with Crippen LogP contribution in [0.2, 0.25) is 0 Å². The van der Waals surface area contributed by atoms with Gasteiger partial charge < -0.3 is 5.73 Å². The molecule has 0 bridgehead atoms. The second kappa shape index (κ2) is 7.87. The number of benzene rings is 2. The minimum absolute atomic E-state index is 0. The van der Waals surface area contributed by atoms with E-state index in [0.29, 0.717) is 0 Å². The number of hydrogen-bond donors (Lipinski definition) is 1. The molecule has 2 aromatic carbocycles. The van der Waals surface area contributed by atoms with Gasteiger partial charge in [-0.25, -0.2) is 0 Å². The third-order valence-corrected chi connectivity index (χ3v) is 3.44. The molecule has 2 nitrogen and oxygen atoms in total. The third kappa shape index (κ3) is 3.87. The van der Waals surface area contributed by atoms with E-state index in [1.807, 2.05) is 30.5 Å². The number of halogens is 2. The van der Waals surface area contributed by atoms with Gasteiger partial charge in [0.25, 0.3) is 0 Å². The first-order chi connectivity index (χ1) is 9.34. The number of aromatic nitrogens is 1. The van der Waals surface area contributed by atoms with Crippen molar-refractivity contribution in [2.45, 2.75) is 12.8 Å². The molecule has 0 fully saturated rings. The van der Waals surface area contributed by atoms with Crippen LogP contribution in [0.25, 0.3) is 10.8 Å². The molecular formula is C17H18Cl2N2. The van der Waals surface area contributed by atoms with Gasteiger partial charge in [0.15, 0.2) is 0 Å². The number of nitrogens with two attached hydrogens (primary N) is 1. The van der Waals surface area contributed by atoms with Gasteiger partial charge in [-0.15, -0.1) is 24.8 Å². The van der Waals surface area contributed by atoms with E-state index in [1.165, 1.54) is 10.9 Å². The molecule has 0 radical (unpaired) electrons. The van der Waals surface area contributed by atoms with Crippen molar-refractivity contribution in [2.24, 2.45) is 0 Å². The number of aryl methyl sites for hydroxylation is 2. The molecule has 4 heteroatoms. The molecule has 0 aliphatic carbocycles. The highest BCUT2D eigenvalue weighted by Gasteiger charge is 2.04. The molecule has 3 aromatic rings. The van der Waals surface area contributed by atoms with Gasteiger partial charge in [-0.3, -0.25) is 4.98 Å². The van der Waals surface area contributed by atoms with Gasteiger partial charge in [0, 0.05) is 23.0 Å². The Hall–Kier alpha value is -1.77. The number of nitrogens with zero attached hydrogens (tertiary/aromatic N) is 1. The van der Waals surface area contributed by atoms with E-state index in [1.54, 1.807) is 0 Å². The van der Waals surface area contributed by atoms with E-state index in [0.717, 1.165) is 29.6 Å². The van der Waals surface area contributed by atoms with Crippen LogP contribution in [0.15, 0.2) is 60.8 Å². The maximum Gasteiger partial charge on any atom is 0.0426 e. The monoisotopic (exact) mass is 320 g/mol. The summed E-state index contributed by atoms with van der Waals surface area (Å²) < 4.78 is 0. The van der Waals surface area contributed by atoms with Gasteiger partial charge in [-0.05, 0) is 35.9 Å². The normalized spacial score (nSPS) is 9.71. The van der Waals surface area contributed by atoms with E-state index in [2.05, 4.69) is 35.3 Å². The molecule has 0 saturated heterocycles. The van der Waals surface area contributed by atoms with Gasteiger partial charge >= 0.3 is 0 Å². The smallest absolute Gasteiger partial charge is 0.0426 e. The first-order valence-electron chi connectivity index (χ1n) is 6.50. The summed E-state index contributed by atoms with van der Waals surface area (Å²) in [4.78, 5) is 4.34. The molecular weight excluding hydrogens is 303 g/mol. The summed E-state index contributed by atoms with van der Waals surface area (Å²) in [6.07, 6.45) is 3.68. The largest absolute Gasteiger partial charge is 0.398 e. The highest BCUT2D eigenvalue weighted by molar-refractivity contribution is 5.94. The van der Waals surface area contributed by atoms with Gasteiger partial charge in [0.2, 0.25) is 0 Å². The van der Waals surface area contributed by atoms with Crippen molar-refractivity contribution >= 4 is 41.3 Å². The first-order valence-corrected chi connectivity index (χ1v) is 6.50. The lowest BCUT2D eigenvalue weighted by molar-refractivity contribution is 0.917. The number of fused-ring (bicyclic) bond motifs is 1. The first kappa shape index (κ1) is 17.3. The van der Waals surface area contributed by atoms with Crippen molar-refractivity contribution in [3.8, 4) is 0 Å². The van der Waals surface area contributed by atoms with Crippen LogP contribution in [0, 0.1) is 0 Å². The zero-order chi connectivity index (χ0) is 13.1. The SMILES string of the molecule is Cl.Cl.Nc1c(CCc2ccccn2)ccc2ccccc12. The Morgan fingerprint density at radius 2 is 1.57 bits per heavy atom. The minimum atomic E-state index is 0. The van der Waals surface area contributed by atoms with Crippen LogP contribution in [0.1, 0.15) is 11.3 Å². The quantitative estimate of drug-likeness (QED) is 0.724. The highest BCUT2D eigenvalue weighted by Crippen LogP contribution is 2.25. The lowest BCUT2D eigenvalue weighted by Crippen LogP contribution is -1.99. The molecule has 0 aliphatic rings. The summed E-state index contributed by atoms with van der Waals surface area (Å²) in [5.41, 5.74) is 9.46. The van der Waals surface area contributed by atoms with Crippen LogP contribution in [-0.4, -0.2) is 4.98 Å². The molecule has 21 heavy (non-hydrogen) atoms. The van der Waals surface area contributed by atoms with Crippen molar-refractivity contribution in [3.05, 3.63) is 72.1 Å². The fraction of sp³-hybridized carbons (Fsp3) is 0.118. The number of nitrogen functional groups attached to an aromatic ring is 1. The van der Waals surface area contributed by atoms with Gasteiger partial charge in [0.05, 0.1) is 0 Å². The number of pyridine rings is 1. The average Bonchev–Trinajstić information content (AvgIpc) is 2.48. The fourth-order valence-electron chi connectivity index (χ4n) is 2.37. The van der Waals surface area contributed by atoms with Gasteiger partial charge in [-0.1, -0.05) is 42.5 Å². The summed E-state index contributed by atoms with van der Waals surface area (Å²) in [7, 11) is 0. The molecule has 2 N–H and O–H groups in total. The van der Waals surface area contributed by atoms with Crippen molar-refractivity contribution < 1.29 is 0 Å². The Kier molecular flexibility index (Phi) is 6.47. The van der Waals surface area contributed by atoms with Crippen molar-refractivity contribution in [3.63, 3.8) is 0 Å². The Morgan fingerprint density at radius 3 is 2.33 bits per heavy atom. The molecule has 3 rings (SSSR count). The topological polar surface area (TPSA) is 38.9 Å². The summed E-state index contributed by atoms with van der Waals surface area (Å²) in [5.74, 6) is 0. The Labute approximate surface area is 137 Å². The number of anilines is 1. The van der Waals surface area contributed by atoms with Crippen molar-refractivity contribution in [2.75, 3.05) is 5.73 Å². The van der Waals surface area contributed by atoms with Crippen LogP contribution in [0.4, 0.5) is 5.69 Å². The Morgan fingerprint density at radius 1 is 0.810 bits per heavy atom. The second-order valence-electron chi connectivity index (χ2n) is 4.68. The van der Waals surface area contributed by atoms with Crippen LogP contribution in [0.5, 0.6) is 0 Å². The predicted molar refractivity (Wildman–Crippen MR) is 94.5 cm³/mol. The molecule has 0 saturated carbocycles. The van der Waals surface area contributed by atoms with Crippen LogP contribution in [0.3, 0.4) is 0 Å². The zero-order valence-electron chi connectivity index (χ0n) is 11.5. The lowest BCUT2D eigenvalue weighted by atomic mass is 10.0. The molecule has 1 aromatic heterocycles. The third-order valence-electron chi connectivity index (χ3n) is 3.44. The number of rotatable bonds is 3. The van der Waals surface area contributed by atoms with E-state index < -0.39 is 0 Å². The van der Waals surface area contributed by atoms with E-state index in [4.69, 9.17) is 5.73 Å². The summed E-state index contributed by atoms with van der Waals surface area (Å²) in [6, 6.07) is 18.5. The summed E-state index contributed by atoms with van der Waals surface area (Å²) >= 11 is 0. The summed E-state index contributed by atoms with van der Waals surface area (Å²) in [6.45, 7) is 0. The second-order valence-corrected chi connectivity index (χ2v) is 4.68. The minimum Gasteiger partial charge on any atom is -0.398 e. The maximum atomic E-state index is 6.26. The van der Waals surface area contributed by atoms with Crippen molar-refractivity contribution in [1.29, 1.82) is 0 Å². The Bertz CT molecular complexity index is 699. The molecule has 0 spiro atoms. The maximum absolute atomic E-state index is 6.26. The molecule has 110 valence electrons. The van der Waals surface area contributed by atoms with Gasteiger partial charge in [-0.2, -0.15) is 0 Å². The van der Waals surface area contributed by atoms with Crippen LogP contribution < -0.4 is 5.73 Å². The van der Waals surface area contributed by atoms with Crippen molar-refractivity contribution in [1.82, 2.24) is 4.98 Å². The zero-order valence-corrected chi connectivity index (χ0v) is 13.2. The van der Waals surface area contributed by atoms with E-state index in [-0.39, 0.29) is 24.8 Å². The molecule has 0 atom stereocenters. The summed E-state index contributed by atoms with van der Waals surface area (Å²) in [5, 5.41) is 2.34. The lowest BCUT2D eigenvalue weighted by Gasteiger charge is -2.09. The van der Waals surface area contributed by atoms with Crippen LogP contribution >= 0.6 is 24.8 Å².